The first-order valence-electron chi connectivity index (χ1n) is 12.4. The minimum absolute atomic E-state index is 0.111. The molecule has 0 saturated heterocycles. The number of cyclic esters (lactones) is 1. The molecular formula is C28H27IN2O7. The molecule has 10 heteroatoms. The van der Waals surface area contributed by atoms with E-state index >= 15 is 0 Å². The van der Waals surface area contributed by atoms with Crippen LogP contribution in [-0.4, -0.2) is 25.5 Å². The standard InChI is InChI=1S/C28H27IN2O7/c1-6-15-16-10-14(37-26(29)35)8-9-20(16)30-22-17(15)12-31-21(22)11-19-18(23(31)32)13-36-25(34)28(19,7-2)38-24(33)27(3,4)5/h8-11H,6-7,12-13H2,1-5H3/t28-/m0/s1. The van der Waals surface area contributed by atoms with Crippen molar-refractivity contribution >= 4 is 49.4 Å². The molecule has 9 nitrogen and oxygen atoms in total. The van der Waals surface area contributed by atoms with Crippen molar-refractivity contribution in [3.05, 3.63) is 56.9 Å². The smallest absolute Gasteiger partial charge is 0.372 e. The summed E-state index contributed by atoms with van der Waals surface area (Å²) in [6.45, 7) is 8.96. The second-order valence-electron chi connectivity index (χ2n) is 10.5. The Labute approximate surface area is 232 Å². The second-order valence-corrected chi connectivity index (χ2v) is 11.4. The summed E-state index contributed by atoms with van der Waals surface area (Å²) in [7, 11) is 0. The van der Waals surface area contributed by atoms with E-state index in [1.54, 1.807) is 79.1 Å². The van der Waals surface area contributed by atoms with Crippen LogP contribution in [0.5, 0.6) is 5.75 Å². The molecule has 2 aliphatic heterocycles. The summed E-state index contributed by atoms with van der Waals surface area (Å²) >= 11 is 1.58. The van der Waals surface area contributed by atoms with Gasteiger partial charge in [-0.3, -0.25) is 9.59 Å². The minimum atomic E-state index is -1.72. The third-order valence-electron chi connectivity index (χ3n) is 7.18. The SMILES string of the molecule is CCc1c2c(nc3ccc(OC(=O)I)cc13)-c1cc3c(c(=O)n1C2)COC(=O)[C@@]3(CC)OC(=O)C(C)(C)C. The van der Waals surface area contributed by atoms with Crippen molar-refractivity contribution in [1.82, 2.24) is 9.55 Å². The van der Waals surface area contributed by atoms with Crippen LogP contribution in [0, 0.1) is 5.41 Å². The number of fused-ring (bicyclic) bond motifs is 5. The van der Waals surface area contributed by atoms with Crippen LogP contribution in [0.25, 0.3) is 22.3 Å². The van der Waals surface area contributed by atoms with Crippen molar-refractivity contribution in [3.8, 4) is 17.1 Å². The third-order valence-corrected chi connectivity index (χ3v) is 7.40. The van der Waals surface area contributed by atoms with Crippen molar-refractivity contribution in [3.63, 3.8) is 0 Å². The van der Waals surface area contributed by atoms with Crippen LogP contribution in [0.4, 0.5) is 4.79 Å². The monoisotopic (exact) mass is 630 g/mol. The van der Waals surface area contributed by atoms with E-state index in [9.17, 15) is 19.2 Å². The first-order chi connectivity index (χ1) is 17.9. The number of rotatable bonds is 4. The maximum absolute atomic E-state index is 13.8. The van der Waals surface area contributed by atoms with Gasteiger partial charge < -0.3 is 18.8 Å². The van der Waals surface area contributed by atoms with Gasteiger partial charge >= 0.3 is 15.9 Å². The first kappa shape index (κ1) is 26.3. The molecule has 0 amide bonds. The number of aromatic nitrogens is 2. The van der Waals surface area contributed by atoms with Crippen LogP contribution in [0.15, 0.2) is 29.1 Å². The minimum Gasteiger partial charge on any atom is -0.457 e. The second kappa shape index (κ2) is 9.18. The van der Waals surface area contributed by atoms with Gasteiger partial charge in [0.25, 0.3) is 5.56 Å². The Morgan fingerprint density at radius 3 is 2.53 bits per heavy atom. The van der Waals surface area contributed by atoms with Crippen molar-refractivity contribution in [2.45, 2.75) is 66.2 Å². The van der Waals surface area contributed by atoms with Gasteiger partial charge in [0, 0.05) is 16.5 Å². The molecule has 0 unspecified atom stereocenters. The molecule has 1 aromatic carbocycles. The van der Waals surface area contributed by atoms with Crippen LogP contribution < -0.4 is 10.3 Å². The number of carbonyl (C=O) groups is 3. The number of pyridine rings is 2. The lowest BCUT2D eigenvalue weighted by molar-refractivity contribution is -0.194. The number of halogens is 1. The Bertz CT molecular complexity index is 1600. The number of carbonyl (C=O) groups excluding carboxylic acids is 3. The number of hydrogen-bond donors (Lipinski definition) is 0. The summed E-state index contributed by atoms with van der Waals surface area (Å²) in [4.78, 5) is 56.2. The molecule has 0 bridgehead atoms. The van der Waals surface area contributed by atoms with Crippen LogP contribution in [-0.2, 0) is 44.2 Å². The molecular weight excluding hydrogens is 603 g/mol. The van der Waals surface area contributed by atoms with E-state index in [1.807, 2.05) is 6.92 Å². The highest BCUT2D eigenvalue weighted by molar-refractivity contribution is 14.1. The maximum Gasteiger partial charge on any atom is 0.372 e. The lowest BCUT2D eigenvalue weighted by Gasteiger charge is -2.37. The van der Waals surface area contributed by atoms with Crippen molar-refractivity contribution < 1.29 is 28.6 Å². The van der Waals surface area contributed by atoms with Gasteiger partial charge in [0.05, 0.1) is 57.0 Å². The number of ether oxygens (including phenoxy) is 3. The number of nitrogens with zero attached hydrogens (tertiary/aromatic N) is 2. The highest BCUT2D eigenvalue weighted by atomic mass is 127. The summed E-state index contributed by atoms with van der Waals surface area (Å²) in [5.41, 5.74) is 1.51. The molecule has 2 aromatic heterocycles. The predicted molar refractivity (Wildman–Crippen MR) is 147 cm³/mol. The highest BCUT2D eigenvalue weighted by Gasteiger charge is 2.51. The van der Waals surface area contributed by atoms with E-state index in [1.165, 1.54) is 0 Å². The lowest BCUT2D eigenvalue weighted by Crippen LogP contribution is -2.48. The van der Waals surface area contributed by atoms with Crippen LogP contribution in [0.3, 0.4) is 0 Å². The molecule has 0 N–H and O–H groups in total. The van der Waals surface area contributed by atoms with E-state index in [0.29, 0.717) is 46.7 Å². The van der Waals surface area contributed by atoms with Gasteiger partial charge in [-0.15, -0.1) is 0 Å². The normalized spacial score (nSPS) is 17.9. The quantitative estimate of drug-likeness (QED) is 0.172. The third kappa shape index (κ3) is 4.00. The summed E-state index contributed by atoms with van der Waals surface area (Å²) in [6, 6.07) is 7.00. The highest BCUT2D eigenvalue weighted by Crippen LogP contribution is 2.43. The largest absolute Gasteiger partial charge is 0.457 e. The van der Waals surface area contributed by atoms with Crippen LogP contribution >= 0.6 is 22.6 Å². The van der Waals surface area contributed by atoms with Gasteiger partial charge in [0.2, 0.25) is 5.60 Å². The van der Waals surface area contributed by atoms with E-state index in [0.717, 1.165) is 16.5 Å². The summed E-state index contributed by atoms with van der Waals surface area (Å²) in [6.07, 6.45) is 0.773. The van der Waals surface area contributed by atoms with E-state index < -0.39 is 26.9 Å². The molecule has 1 atom stereocenters. The van der Waals surface area contributed by atoms with Gasteiger partial charge in [-0.05, 0) is 63.4 Å². The Balaban J connectivity index is 1.73. The number of aryl methyl sites for hydroxylation is 1. The molecule has 0 fully saturated rings. The Kier molecular flexibility index (Phi) is 6.36. The average molecular weight is 630 g/mol. The first-order valence-corrected chi connectivity index (χ1v) is 13.5. The Morgan fingerprint density at radius 2 is 1.89 bits per heavy atom. The van der Waals surface area contributed by atoms with E-state index in [-0.39, 0.29) is 18.6 Å². The van der Waals surface area contributed by atoms with E-state index in [2.05, 4.69) is 0 Å². The topological polar surface area (TPSA) is 114 Å². The molecule has 4 heterocycles. The zero-order valence-electron chi connectivity index (χ0n) is 21.8. The maximum atomic E-state index is 13.8. The van der Waals surface area contributed by atoms with Crippen molar-refractivity contribution in [2.24, 2.45) is 5.41 Å². The Hall–Kier alpha value is -3.28. The fraction of sp³-hybridized carbons (Fsp3) is 0.393. The molecule has 0 radical (unpaired) electrons. The predicted octanol–water partition coefficient (Wildman–Crippen LogP) is 5.17. The van der Waals surface area contributed by atoms with Gasteiger partial charge in [-0.1, -0.05) is 13.8 Å². The summed E-state index contributed by atoms with van der Waals surface area (Å²) in [5.74, 6) is -0.836. The fourth-order valence-corrected chi connectivity index (χ4v) is 5.42. The number of esters is 2. The summed E-state index contributed by atoms with van der Waals surface area (Å²) < 4.78 is 17.7. The van der Waals surface area contributed by atoms with Crippen molar-refractivity contribution in [1.29, 1.82) is 0 Å². The molecule has 198 valence electrons. The van der Waals surface area contributed by atoms with Gasteiger partial charge in [-0.2, -0.15) is 0 Å². The van der Waals surface area contributed by atoms with Crippen LogP contribution in [0.2, 0.25) is 0 Å². The lowest BCUT2D eigenvalue weighted by atomic mass is 9.84. The Morgan fingerprint density at radius 1 is 1.16 bits per heavy atom. The number of benzene rings is 1. The molecule has 0 aliphatic carbocycles. The number of hydrogen-bond acceptors (Lipinski definition) is 8. The molecule has 0 saturated carbocycles. The zero-order chi connectivity index (χ0) is 27.6. The summed E-state index contributed by atoms with van der Waals surface area (Å²) in [5, 5.41) is 0.840. The van der Waals surface area contributed by atoms with Gasteiger partial charge in [-0.25, -0.2) is 14.6 Å². The molecule has 2 aliphatic rings. The average Bonchev–Trinajstić information content (AvgIpc) is 3.22. The molecule has 38 heavy (non-hydrogen) atoms. The van der Waals surface area contributed by atoms with Crippen LogP contribution in [0.1, 0.15) is 63.3 Å². The molecule has 3 aromatic rings. The molecule has 0 spiro atoms. The zero-order valence-corrected chi connectivity index (χ0v) is 23.9. The molecule has 5 rings (SSSR count). The van der Waals surface area contributed by atoms with Gasteiger partial charge in [0.1, 0.15) is 12.4 Å². The van der Waals surface area contributed by atoms with Gasteiger partial charge in [0.15, 0.2) is 0 Å². The fourth-order valence-electron chi connectivity index (χ4n) is 5.17. The van der Waals surface area contributed by atoms with Crippen molar-refractivity contribution in [2.75, 3.05) is 0 Å². The van der Waals surface area contributed by atoms with E-state index in [4.69, 9.17) is 19.2 Å².